The van der Waals surface area contributed by atoms with Gasteiger partial charge in [-0.2, -0.15) is 5.10 Å². The molecule has 2 aliphatic rings. The summed E-state index contributed by atoms with van der Waals surface area (Å²) in [5, 5.41) is 4.27. The van der Waals surface area contributed by atoms with Gasteiger partial charge >= 0.3 is 6.09 Å². The number of hydrogen-bond donors (Lipinski definition) is 0. The first-order valence-electron chi connectivity index (χ1n) is 8.92. The zero-order valence-electron chi connectivity index (χ0n) is 15.0. The summed E-state index contributed by atoms with van der Waals surface area (Å²) >= 11 is 0. The standard InChI is InChI=1S/C19H24N4O2/c1-19(2,3)25-18(24)23-15-5-4-6-16(23)10-13(9-15)14-11-20-17-7-8-21-22(17)12-14/h7-9,11-12,15-16H,4-6,10H2,1-3H3. The second kappa shape index (κ2) is 5.86. The van der Waals surface area contributed by atoms with Crippen LogP contribution < -0.4 is 0 Å². The first-order valence-corrected chi connectivity index (χ1v) is 8.92. The molecule has 1 fully saturated rings. The summed E-state index contributed by atoms with van der Waals surface area (Å²) in [5.74, 6) is 0. The molecule has 2 aliphatic heterocycles. The first-order chi connectivity index (χ1) is 11.9. The average molecular weight is 340 g/mol. The van der Waals surface area contributed by atoms with Gasteiger partial charge in [-0.25, -0.2) is 14.3 Å². The van der Waals surface area contributed by atoms with Crippen molar-refractivity contribution < 1.29 is 9.53 Å². The normalized spacial score (nSPS) is 23.5. The lowest BCUT2D eigenvalue weighted by molar-refractivity contribution is 0.0000837. The molecular weight excluding hydrogens is 316 g/mol. The summed E-state index contributed by atoms with van der Waals surface area (Å²) in [6.07, 6.45) is 11.7. The first kappa shape index (κ1) is 16.1. The fraction of sp³-hybridized carbons (Fsp3) is 0.526. The maximum absolute atomic E-state index is 12.7. The summed E-state index contributed by atoms with van der Waals surface area (Å²) in [6.45, 7) is 5.74. The molecular formula is C19H24N4O2. The molecule has 2 unspecified atom stereocenters. The van der Waals surface area contributed by atoms with E-state index in [1.165, 1.54) is 5.57 Å². The minimum Gasteiger partial charge on any atom is -0.444 e. The van der Waals surface area contributed by atoms with Gasteiger partial charge in [0.05, 0.1) is 12.2 Å². The van der Waals surface area contributed by atoms with E-state index in [1.54, 1.807) is 10.7 Å². The highest BCUT2D eigenvalue weighted by Gasteiger charge is 2.39. The highest BCUT2D eigenvalue weighted by molar-refractivity contribution is 5.74. The van der Waals surface area contributed by atoms with Gasteiger partial charge in [0, 0.05) is 30.1 Å². The van der Waals surface area contributed by atoms with Crippen molar-refractivity contribution in [1.82, 2.24) is 19.5 Å². The third kappa shape index (κ3) is 3.13. The van der Waals surface area contributed by atoms with Gasteiger partial charge in [0.15, 0.2) is 5.65 Å². The Labute approximate surface area is 147 Å². The van der Waals surface area contributed by atoms with Crippen LogP contribution in [-0.2, 0) is 4.74 Å². The molecule has 2 bridgehead atoms. The Morgan fingerprint density at radius 1 is 1.32 bits per heavy atom. The molecule has 6 nitrogen and oxygen atoms in total. The van der Waals surface area contributed by atoms with Crippen LogP contribution in [0.15, 0.2) is 30.7 Å². The van der Waals surface area contributed by atoms with E-state index in [0.29, 0.717) is 0 Å². The Morgan fingerprint density at radius 2 is 2.16 bits per heavy atom. The largest absolute Gasteiger partial charge is 0.444 e. The van der Waals surface area contributed by atoms with Gasteiger partial charge in [-0.05, 0) is 52.0 Å². The van der Waals surface area contributed by atoms with E-state index in [9.17, 15) is 4.79 Å². The smallest absolute Gasteiger partial charge is 0.411 e. The van der Waals surface area contributed by atoms with E-state index in [1.807, 2.05) is 44.1 Å². The number of carbonyl (C=O) groups is 1. The number of piperidine rings is 1. The van der Waals surface area contributed by atoms with E-state index >= 15 is 0 Å². The molecule has 0 N–H and O–H groups in total. The molecule has 2 atom stereocenters. The Hall–Kier alpha value is -2.37. The van der Waals surface area contributed by atoms with Gasteiger partial charge in [-0.3, -0.25) is 4.90 Å². The van der Waals surface area contributed by atoms with Crippen LogP contribution in [0.5, 0.6) is 0 Å². The number of fused-ring (bicyclic) bond motifs is 3. The summed E-state index contributed by atoms with van der Waals surface area (Å²) in [4.78, 5) is 19.1. The minimum atomic E-state index is -0.468. The molecule has 0 aromatic carbocycles. The number of hydrogen-bond acceptors (Lipinski definition) is 4. The van der Waals surface area contributed by atoms with E-state index in [-0.39, 0.29) is 18.2 Å². The maximum atomic E-state index is 12.7. The summed E-state index contributed by atoms with van der Waals surface area (Å²) in [6, 6.07) is 2.19. The number of carbonyl (C=O) groups excluding carboxylic acids is 1. The van der Waals surface area contributed by atoms with Crippen LogP contribution in [0.3, 0.4) is 0 Å². The molecule has 25 heavy (non-hydrogen) atoms. The monoisotopic (exact) mass is 340 g/mol. The molecule has 1 saturated heterocycles. The second-order valence-electron chi connectivity index (χ2n) is 7.91. The lowest BCUT2D eigenvalue weighted by atomic mass is 9.83. The van der Waals surface area contributed by atoms with Crippen molar-refractivity contribution in [2.24, 2.45) is 0 Å². The Kier molecular flexibility index (Phi) is 3.78. The van der Waals surface area contributed by atoms with Crippen molar-refractivity contribution in [1.29, 1.82) is 0 Å². The molecule has 0 aliphatic carbocycles. The zero-order chi connectivity index (χ0) is 17.6. The highest BCUT2D eigenvalue weighted by atomic mass is 16.6. The van der Waals surface area contributed by atoms with E-state index < -0.39 is 5.60 Å². The Balaban J connectivity index is 1.63. The predicted octanol–water partition coefficient (Wildman–Crippen LogP) is 3.67. The second-order valence-corrected chi connectivity index (χ2v) is 7.91. The van der Waals surface area contributed by atoms with Crippen LogP contribution in [0.2, 0.25) is 0 Å². The number of ether oxygens (including phenoxy) is 1. The van der Waals surface area contributed by atoms with Crippen LogP contribution in [-0.4, -0.2) is 43.3 Å². The molecule has 2 aromatic rings. The van der Waals surface area contributed by atoms with Crippen molar-refractivity contribution in [3.8, 4) is 0 Å². The molecule has 6 heteroatoms. The van der Waals surface area contributed by atoms with Crippen LogP contribution in [0.25, 0.3) is 11.2 Å². The molecule has 2 aromatic heterocycles. The van der Waals surface area contributed by atoms with Gasteiger partial charge in [0.25, 0.3) is 0 Å². The number of aromatic nitrogens is 3. The number of nitrogens with zero attached hydrogens (tertiary/aromatic N) is 4. The fourth-order valence-corrected chi connectivity index (χ4v) is 3.82. The zero-order valence-corrected chi connectivity index (χ0v) is 15.0. The van der Waals surface area contributed by atoms with Crippen LogP contribution >= 0.6 is 0 Å². The van der Waals surface area contributed by atoms with Crippen molar-refractivity contribution in [2.75, 3.05) is 0 Å². The molecule has 0 saturated carbocycles. The van der Waals surface area contributed by atoms with E-state index in [2.05, 4.69) is 16.2 Å². The van der Waals surface area contributed by atoms with Crippen LogP contribution in [0.4, 0.5) is 4.79 Å². The topological polar surface area (TPSA) is 59.7 Å². The molecule has 1 amide bonds. The van der Waals surface area contributed by atoms with Crippen molar-refractivity contribution in [2.45, 2.75) is 64.1 Å². The van der Waals surface area contributed by atoms with E-state index in [0.717, 1.165) is 36.9 Å². The van der Waals surface area contributed by atoms with Gasteiger partial charge in [0.2, 0.25) is 0 Å². The maximum Gasteiger partial charge on any atom is 0.411 e. The highest BCUT2D eigenvalue weighted by Crippen LogP contribution is 2.37. The minimum absolute atomic E-state index is 0.102. The van der Waals surface area contributed by atoms with Gasteiger partial charge in [-0.15, -0.1) is 0 Å². The summed E-state index contributed by atoms with van der Waals surface area (Å²) < 4.78 is 7.43. The van der Waals surface area contributed by atoms with Crippen molar-refractivity contribution >= 4 is 17.3 Å². The Morgan fingerprint density at radius 3 is 2.92 bits per heavy atom. The van der Waals surface area contributed by atoms with E-state index in [4.69, 9.17) is 4.74 Å². The number of amides is 1. The molecule has 4 heterocycles. The van der Waals surface area contributed by atoms with Gasteiger partial charge in [-0.1, -0.05) is 6.08 Å². The average Bonchev–Trinajstić information content (AvgIpc) is 2.99. The third-order valence-corrected chi connectivity index (χ3v) is 4.86. The third-order valence-electron chi connectivity index (χ3n) is 4.86. The lowest BCUT2D eigenvalue weighted by Gasteiger charge is -2.45. The predicted molar refractivity (Wildman–Crippen MR) is 95.1 cm³/mol. The number of rotatable bonds is 1. The molecule has 4 rings (SSSR count). The quantitative estimate of drug-likeness (QED) is 0.794. The molecule has 0 radical (unpaired) electrons. The van der Waals surface area contributed by atoms with Crippen LogP contribution in [0.1, 0.15) is 52.0 Å². The van der Waals surface area contributed by atoms with Gasteiger partial charge < -0.3 is 4.74 Å². The molecule has 132 valence electrons. The molecule has 0 spiro atoms. The van der Waals surface area contributed by atoms with Crippen LogP contribution in [0, 0.1) is 0 Å². The summed E-state index contributed by atoms with van der Waals surface area (Å²) in [5.41, 5.74) is 2.71. The van der Waals surface area contributed by atoms with Crippen molar-refractivity contribution in [3.05, 3.63) is 36.3 Å². The lowest BCUT2D eigenvalue weighted by Crippen LogP contribution is -2.53. The Bertz CT molecular complexity index is 833. The fourth-order valence-electron chi connectivity index (χ4n) is 3.82. The summed E-state index contributed by atoms with van der Waals surface area (Å²) in [7, 11) is 0. The SMILES string of the molecule is CC(C)(C)OC(=O)N1C2C=C(c3cnc4ccnn4c3)CC1CCC2. The van der Waals surface area contributed by atoms with Gasteiger partial charge in [0.1, 0.15) is 5.60 Å². The van der Waals surface area contributed by atoms with Crippen molar-refractivity contribution in [3.63, 3.8) is 0 Å².